The fourth-order valence-electron chi connectivity index (χ4n) is 2.94. The van der Waals surface area contributed by atoms with Gasteiger partial charge in [-0.15, -0.1) is 0 Å². The number of nitro benzene ring substituents is 1. The number of carboxylic acids is 1. The van der Waals surface area contributed by atoms with Crippen LogP contribution in [0.1, 0.15) is 18.6 Å². The maximum atomic E-state index is 11.2. The topological polar surface area (TPSA) is 96.8 Å². The van der Waals surface area contributed by atoms with Gasteiger partial charge < -0.3 is 9.52 Å². The molecule has 7 heteroatoms. The molecule has 1 aromatic heterocycles. The highest BCUT2D eigenvalue weighted by molar-refractivity contribution is 5.73. The number of hydrogen-bond donors (Lipinski definition) is 1. The van der Waals surface area contributed by atoms with Crippen molar-refractivity contribution in [2.24, 2.45) is 0 Å². The Kier molecular flexibility index (Phi) is 4.12. The zero-order valence-corrected chi connectivity index (χ0v) is 12.3. The summed E-state index contributed by atoms with van der Waals surface area (Å²) in [6, 6.07) is 9.31. The molecule has 0 aliphatic carbocycles. The van der Waals surface area contributed by atoms with Crippen molar-refractivity contribution in [2.75, 3.05) is 6.54 Å². The van der Waals surface area contributed by atoms with Crippen molar-refractivity contribution >= 4 is 11.7 Å². The van der Waals surface area contributed by atoms with E-state index in [9.17, 15) is 20.0 Å². The Morgan fingerprint density at radius 3 is 2.87 bits per heavy atom. The smallest absolute Gasteiger partial charge is 0.320 e. The Labute approximate surface area is 132 Å². The van der Waals surface area contributed by atoms with Gasteiger partial charge in [0.25, 0.3) is 5.69 Å². The first kappa shape index (κ1) is 15.2. The van der Waals surface area contributed by atoms with Gasteiger partial charge in [0.1, 0.15) is 17.6 Å². The van der Waals surface area contributed by atoms with Crippen molar-refractivity contribution < 1.29 is 19.2 Å². The van der Waals surface area contributed by atoms with E-state index in [1.54, 1.807) is 30.3 Å². The molecular weight excluding hydrogens is 300 g/mol. The molecule has 1 aliphatic rings. The molecule has 2 aromatic rings. The molecule has 3 rings (SSSR count). The van der Waals surface area contributed by atoms with E-state index in [1.165, 1.54) is 6.07 Å². The third-order valence-corrected chi connectivity index (χ3v) is 4.04. The van der Waals surface area contributed by atoms with Gasteiger partial charge in [0, 0.05) is 6.07 Å². The fourth-order valence-corrected chi connectivity index (χ4v) is 2.94. The molecule has 2 heterocycles. The number of nitrogens with zero attached hydrogens (tertiary/aromatic N) is 2. The molecule has 7 nitrogen and oxygen atoms in total. The molecule has 0 radical (unpaired) electrons. The van der Waals surface area contributed by atoms with Crippen LogP contribution in [0.3, 0.4) is 0 Å². The van der Waals surface area contributed by atoms with Crippen LogP contribution in [0.25, 0.3) is 11.3 Å². The molecule has 1 atom stereocenters. The van der Waals surface area contributed by atoms with Gasteiger partial charge in [-0.25, -0.2) is 0 Å². The van der Waals surface area contributed by atoms with Crippen LogP contribution in [0.5, 0.6) is 0 Å². The monoisotopic (exact) mass is 316 g/mol. The van der Waals surface area contributed by atoms with Gasteiger partial charge in [-0.1, -0.05) is 12.1 Å². The number of rotatable bonds is 5. The van der Waals surface area contributed by atoms with Crippen molar-refractivity contribution in [1.82, 2.24) is 4.90 Å². The van der Waals surface area contributed by atoms with E-state index >= 15 is 0 Å². The molecule has 1 aliphatic heterocycles. The molecule has 0 bridgehead atoms. The van der Waals surface area contributed by atoms with Crippen LogP contribution in [0.4, 0.5) is 5.69 Å². The van der Waals surface area contributed by atoms with Crippen LogP contribution in [-0.2, 0) is 11.3 Å². The highest BCUT2D eigenvalue weighted by atomic mass is 16.6. The summed E-state index contributed by atoms with van der Waals surface area (Å²) in [5.74, 6) is 0.192. The minimum Gasteiger partial charge on any atom is -0.480 e. The van der Waals surface area contributed by atoms with E-state index < -0.39 is 16.9 Å². The molecule has 0 unspecified atom stereocenters. The first-order valence-electron chi connectivity index (χ1n) is 7.35. The van der Waals surface area contributed by atoms with Crippen LogP contribution in [-0.4, -0.2) is 33.5 Å². The number of aliphatic carboxylic acids is 1. The van der Waals surface area contributed by atoms with E-state index in [-0.39, 0.29) is 5.69 Å². The molecular formula is C16H16N2O5. The summed E-state index contributed by atoms with van der Waals surface area (Å²) in [7, 11) is 0. The molecule has 120 valence electrons. The SMILES string of the molecule is O=C(O)[C@@H]1CCCN1Cc1ccc(-c2ccccc2[N+](=O)[O-])o1. The average Bonchev–Trinajstić information content (AvgIpc) is 3.17. The van der Waals surface area contributed by atoms with Crippen LogP contribution in [0.15, 0.2) is 40.8 Å². The Balaban J connectivity index is 1.82. The van der Waals surface area contributed by atoms with Crippen molar-refractivity contribution in [2.45, 2.75) is 25.4 Å². The lowest BCUT2D eigenvalue weighted by molar-refractivity contribution is -0.384. The van der Waals surface area contributed by atoms with E-state index in [4.69, 9.17) is 4.42 Å². The summed E-state index contributed by atoms with van der Waals surface area (Å²) in [5.41, 5.74) is 0.401. The largest absolute Gasteiger partial charge is 0.480 e. The van der Waals surface area contributed by atoms with Crippen LogP contribution >= 0.6 is 0 Å². The van der Waals surface area contributed by atoms with E-state index in [2.05, 4.69) is 0 Å². The Hall–Kier alpha value is -2.67. The van der Waals surface area contributed by atoms with Gasteiger partial charge in [-0.2, -0.15) is 0 Å². The number of furan rings is 1. The van der Waals surface area contributed by atoms with Gasteiger partial charge >= 0.3 is 5.97 Å². The second kappa shape index (κ2) is 6.21. The first-order chi connectivity index (χ1) is 11.1. The quantitative estimate of drug-likeness (QED) is 0.673. The second-order valence-electron chi connectivity index (χ2n) is 5.51. The van der Waals surface area contributed by atoms with Gasteiger partial charge in [0.05, 0.1) is 17.0 Å². The van der Waals surface area contributed by atoms with Crippen LogP contribution in [0.2, 0.25) is 0 Å². The van der Waals surface area contributed by atoms with Crippen molar-refractivity contribution in [3.05, 3.63) is 52.3 Å². The molecule has 1 N–H and O–H groups in total. The predicted octanol–water partition coefficient (Wildman–Crippen LogP) is 2.90. The molecule has 1 fully saturated rings. The van der Waals surface area contributed by atoms with E-state index in [0.717, 1.165) is 6.42 Å². The molecule has 0 amide bonds. The average molecular weight is 316 g/mol. The fraction of sp³-hybridized carbons (Fsp3) is 0.312. The van der Waals surface area contributed by atoms with Crippen LogP contribution in [0, 0.1) is 10.1 Å². The lowest BCUT2D eigenvalue weighted by Crippen LogP contribution is -2.35. The highest BCUT2D eigenvalue weighted by Crippen LogP contribution is 2.31. The highest BCUT2D eigenvalue weighted by Gasteiger charge is 2.31. The number of hydrogen-bond acceptors (Lipinski definition) is 5. The Morgan fingerprint density at radius 2 is 2.13 bits per heavy atom. The summed E-state index contributed by atoms with van der Waals surface area (Å²) in [6.07, 6.45) is 1.47. The summed E-state index contributed by atoms with van der Waals surface area (Å²) in [6.45, 7) is 1.09. The Bertz CT molecular complexity index is 740. The van der Waals surface area contributed by atoms with Crippen molar-refractivity contribution in [3.8, 4) is 11.3 Å². The zero-order chi connectivity index (χ0) is 16.4. The second-order valence-corrected chi connectivity index (χ2v) is 5.51. The molecule has 0 spiro atoms. The summed E-state index contributed by atoms with van der Waals surface area (Å²) in [4.78, 5) is 23.7. The molecule has 23 heavy (non-hydrogen) atoms. The number of likely N-dealkylation sites (tertiary alicyclic amines) is 1. The molecule has 0 saturated carbocycles. The van der Waals surface area contributed by atoms with Crippen LogP contribution < -0.4 is 0 Å². The molecule has 1 aromatic carbocycles. The molecule has 1 saturated heterocycles. The number of carbonyl (C=O) groups is 1. The maximum absolute atomic E-state index is 11.2. The first-order valence-corrected chi connectivity index (χ1v) is 7.35. The number of nitro groups is 1. The lowest BCUT2D eigenvalue weighted by atomic mass is 10.1. The Morgan fingerprint density at radius 1 is 1.35 bits per heavy atom. The summed E-state index contributed by atoms with van der Waals surface area (Å²) >= 11 is 0. The van der Waals surface area contributed by atoms with E-state index in [0.29, 0.717) is 36.6 Å². The summed E-state index contributed by atoms with van der Waals surface area (Å²) < 4.78 is 5.71. The minimum atomic E-state index is -0.826. The lowest BCUT2D eigenvalue weighted by Gasteiger charge is -2.19. The number of para-hydroxylation sites is 1. The number of benzene rings is 1. The van der Waals surface area contributed by atoms with Gasteiger partial charge in [0.15, 0.2) is 0 Å². The summed E-state index contributed by atoms with van der Waals surface area (Å²) in [5, 5.41) is 20.3. The maximum Gasteiger partial charge on any atom is 0.320 e. The zero-order valence-electron chi connectivity index (χ0n) is 12.3. The third-order valence-electron chi connectivity index (χ3n) is 4.04. The van der Waals surface area contributed by atoms with Crippen molar-refractivity contribution in [3.63, 3.8) is 0 Å². The third kappa shape index (κ3) is 3.09. The van der Waals surface area contributed by atoms with Gasteiger partial charge in [0.2, 0.25) is 0 Å². The van der Waals surface area contributed by atoms with Gasteiger partial charge in [-0.05, 0) is 37.6 Å². The minimum absolute atomic E-state index is 0.0158. The number of carboxylic acid groups (broad SMARTS) is 1. The van der Waals surface area contributed by atoms with Gasteiger partial charge in [-0.3, -0.25) is 19.8 Å². The van der Waals surface area contributed by atoms with E-state index in [1.807, 2.05) is 4.90 Å². The standard InChI is InChI=1S/C16H16N2O5/c19-16(20)14-6-3-9-17(14)10-11-7-8-15(23-11)12-4-1-2-5-13(12)18(21)22/h1-2,4-5,7-8,14H,3,6,9-10H2,(H,19,20)/t14-/m0/s1. The van der Waals surface area contributed by atoms with Crippen molar-refractivity contribution in [1.29, 1.82) is 0 Å². The predicted molar refractivity (Wildman–Crippen MR) is 81.9 cm³/mol. The normalized spacial score (nSPS) is 18.2.